The van der Waals surface area contributed by atoms with Crippen molar-refractivity contribution in [1.29, 1.82) is 0 Å². The lowest BCUT2D eigenvalue weighted by Crippen LogP contribution is -2.44. The maximum atomic E-state index is 12.8. The van der Waals surface area contributed by atoms with Crippen LogP contribution in [0.15, 0.2) is 103 Å². The van der Waals surface area contributed by atoms with Gasteiger partial charge in [-0.2, -0.15) is 0 Å². The van der Waals surface area contributed by atoms with Gasteiger partial charge in [-0.3, -0.25) is 4.79 Å². The second-order valence-corrected chi connectivity index (χ2v) is 9.70. The van der Waals surface area contributed by atoms with Crippen molar-refractivity contribution >= 4 is 16.6 Å². The molecule has 0 radical (unpaired) electrons. The molecule has 0 bridgehead atoms. The summed E-state index contributed by atoms with van der Waals surface area (Å²) in [7, 11) is 0. The van der Waals surface area contributed by atoms with Crippen LogP contribution >= 0.6 is 0 Å². The van der Waals surface area contributed by atoms with Crippen molar-refractivity contribution in [3.05, 3.63) is 120 Å². The monoisotopic (exact) mass is 463 g/mol. The second-order valence-electron chi connectivity index (χ2n) is 9.70. The molecule has 0 unspecified atom stereocenters. The Balaban J connectivity index is 1.18. The molecule has 0 amide bonds. The van der Waals surface area contributed by atoms with Gasteiger partial charge in [-0.15, -0.1) is 0 Å². The van der Waals surface area contributed by atoms with E-state index in [1.165, 1.54) is 0 Å². The molecule has 35 heavy (non-hydrogen) atoms. The van der Waals surface area contributed by atoms with Crippen molar-refractivity contribution in [3.8, 4) is 0 Å². The largest absolute Gasteiger partial charge is 0.380 e. The van der Waals surface area contributed by atoms with Gasteiger partial charge in [-0.25, -0.2) is 0 Å². The fourth-order valence-corrected chi connectivity index (χ4v) is 5.57. The highest BCUT2D eigenvalue weighted by molar-refractivity contribution is 5.99. The fourth-order valence-electron chi connectivity index (χ4n) is 5.57. The summed E-state index contributed by atoms with van der Waals surface area (Å²) in [4.78, 5) is 15.2. The Morgan fingerprint density at radius 3 is 1.97 bits per heavy atom. The number of hydrogen-bond acceptors (Lipinski definition) is 3. The quantitative estimate of drug-likeness (QED) is 0.305. The first-order valence-electron chi connectivity index (χ1n) is 12.7. The van der Waals surface area contributed by atoms with E-state index >= 15 is 0 Å². The van der Waals surface area contributed by atoms with Crippen LogP contribution in [0.4, 0.5) is 0 Å². The normalized spacial score (nSPS) is 15.3. The van der Waals surface area contributed by atoms with E-state index in [4.69, 9.17) is 0 Å². The zero-order valence-electron chi connectivity index (χ0n) is 20.1. The predicted octanol–water partition coefficient (Wildman–Crippen LogP) is 6.45. The van der Waals surface area contributed by atoms with E-state index in [0.717, 1.165) is 66.4 Å². The minimum absolute atomic E-state index is 0.155. The SMILES string of the molecule is O=C(CCCN1CCC(C(O)(c2ccccc2)c2ccccc2)CC1)c1ccc2ccccc2c1. The Morgan fingerprint density at radius 1 is 0.771 bits per heavy atom. The Bertz CT molecular complexity index is 1220. The number of carbonyl (C=O) groups is 1. The molecule has 3 nitrogen and oxygen atoms in total. The Labute approximate surface area is 208 Å². The molecule has 1 N–H and O–H groups in total. The highest BCUT2D eigenvalue weighted by atomic mass is 16.3. The van der Waals surface area contributed by atoms with Gasteiger partial charge >= 0.3 is 0 Å². The molecular formula is C32H33NO2. The minimum atomic E-state index is -0.985. The zero-order chi connectivity index (χ0) is 24.1. The molecule has 0 atom stereocenters. The van der Waals surface area contributed by atoms with Gasteiger partial charge in [-0.1, -0.05) is 97.1 Å². The van der Waals surface area contributed by atoms with Crippen molar-refractivity contribution in [3.63, 3.8) is 0 Å². The molecule has 4 aromatic carbocycles. The van der Waals surface area contributed by atoms with E-state index in [9.17, 15) is 9.90 Å². The van der Waals surface area contributed by atoms with Crippen LogP contribution in [0.3, 0.4) is 0 Å². The number of carbonyl (C=O) groups excluding carboxylic acids is 1. The van der Waals surface area contributed by atoms with Gasteiger partial charge in [-0.05, 0) is 72.8 Å². The van der Waals surface area contributed by atoms with Gasteiger partial charge in [0.1, 0.15) is 5.60 Å². The van der Waals surface area contributed by atoms with Gasteiger partial charge in [0, 0.05) is 12.0 Å². The van der Waals surface area contributed by atoms with E-state index in [1.54, 1.807) is 0 Å². The number of likely N-dealkylation sites (tertiary alicyclic amines) is 1. The first-order valence-corrected chi connectivity index (χ1v) is 12.7. The van der Waals surface area contributed by atoms with Crippen LogP contribution < -0.4 is 0 Å². The van der Waals surface area contributed by atoms with Gasteiger partial charge in [0.05, 0.1) is 0 Å². The smallest absolute Gasteiger partial charge is 0.162 e. The molecule has 1 aliphatic heterocycles. The Morgan fingerprint density at radius 2 is 1.34 bits per heavy atom. The molecule has 178 valence electrons. The average molecular weight is 464 g/mol. The molecule has 4 aromatic rings. The first-order chi connectivity index (χ1) is 17.1. The summed E-state index contributed by atoms with van der Waals surface area (Å²) in [6, 6.07) is 34.3. The molecule has 0 spiro atoms. The van der Waals surface area contributed by atoms with E-state index in [2.05, 4.69) is 17.0 Å². The topological polar surface area (TPSA) is 40.5 Å². The van der Waals surface area contributed by atoms with Crippen molar-refractivity contribution in [2.24, 2.45) is 5.92 Å². The minimum Gasteiger partial charge on any atom is -0.380 e. The lowest BCUT2D eigenvalue weighted by molar-refractivity contribution is -0.0142. The molecule has 1 heterocycles. The van der Waals surface area contributed by atoms with Gasteiger partial charge < -0.3 is 10.0 Å². The molecular weight excluding hydrogens is 430 g/mol. The summed E-state index contributed by atoms with van der Waals surface area (Å²) in [6.07, 6.45) is 3.28. The van der Waals surface area contributed by atoms with E-state index < -0.39 is 5.60 Å². The van der Waals surface area contributed by atoms with Gasteiger partial charge in [0.2, 0.25) is 0 Å². The summed E-state index contributed by atoms with van der Waals surface area (Å²) in [5.74, 6) is 0.371. The van der Waals surface area contributed by atoms with Crippen LogP contribution in [-0.4, -0.2) is 35.4 Å². The third kappa shape index (κ3) is 5.07. The average Bonchev–Trinajstić information content (AvgIpc) is 2.93. The number of piperidine rings is 1. The first kappa shape index (κ1) is 23.5. The number of benzene rings is 4. The zero-order valence-corrected chi connectivity index (χ0v) is 20.1. The summed E-state index contributed by atoms with van der Waals surface area (Å²) >= 11 is 0. The summed E-state index contributed by atoms with van der Waals surface area (Å²) in [5.41, 5.74) is 1.75. The van der Waals surface area contributed by atoms with Crippen LogP contribution in [0.2, 0.25) is 0 Å². The Kier molecular flexibility index (Phi) is 7.08. The molecule has 1 saturated heterocycles. The number of aliphatic hydroxyl groups is 1. The van der Waals surface area contributed by atoms with Gasteiger partial charge in [0.25, 0.3) is 0 Å². The molecule has 5 rings (SSSR count). The number of fused-ring (bicyclic) bond motifs is 1. The molecule has 0 saturated carbocycles. The van der Waals surface area contributed by atoms with Crippen LogP contribution in [0, 0.1) is 5.92 Å². The number of nitrogens with zero attached hydrogens (tertiary/aromatic N) is 1. The summed E-state index contributed by atoms with van der Waals surface area (Å²) < 4.78 is 0. The van der Waals surface area contributed by atoms with Crippen LogP contribution in [0.1, 0.15) is 47.2 Å². The maximum absolute atomic E-state index is 12.8. The van der Waals surface area contributed by atoms with Crippen molar-refractivity contribution in [1.82, 2.24) is 4.90 Å². The maximum Gasteiger partial charge on any atom is 0.162 e. The summed E-state index contributed by atoms with van der Waals surface area (Å²) in [6.45, 7) is 2.80. The van der Waals surface area contributed by atoms with Crippen molar-refractivity contribution in [2.45, 2.75) is 31.3 Å². The predicted molar refractivity (Wildman–Crippen MR) is 143 cm³/mol. The van der Waals surface area contributed by atoms with E-state index in [0.29, 0.717) is 6.42 Å². The van der Waals surface area contributed by atoms with Crippen molar-refractivity contribution in [2.75, 3.05) is 19.6 Å². The molecule has 3 heteroatoms. The second kappa shape index (κ2) is 10.6. The third-order valence-corrected chi connectivity index (χ3v) is 7.56. The molecule has 1 aliphatic rings. The lowest BCUT2D eigenvalue weighted by Gasteiger charge is -2.42. The number of rotatable bonds is 8. The van der Waals surface area contributed by atoms with Crippen LogP contribution in [0.25, 0.3) is 10.8 Å². The molecule has 0 aliphatic carbocycles. The fraction of sp³-hybridized carbons (Fsp3) is 0.281. The van der Waals surface area contributed by atoms with E-state index in [-0.39, 0.29) is 11.7 Å². The van der Waals surface area contributed by atoms with Crippen molar-refractivity contribution < 1.29 is 9.90 Å². The highest BCUT2D eigenvalue weighted by Crippen LogP contribution is 2.41. The Hall–Kier alpha value is -3.27. The highest BCUT2D eigenvalue weighted by Gasteiger charge is 2.41. The third-order valence-electron chi connectivity index (χ3n) is 7.56. The molecule has 1 fully saturated rings. The number of Topliss-reactive ketones (excluding diaryl/α,β-unsaturated/α-hetero) is 1. The summed E-state index contributed by atoms with van der Waals surface area (Å²) in [5, 5.41) is 14.3. The van der Waals surface area contributed by atoms with E-state index in [1.807, 2.05) is 91.0 Å². The number of ketones is 1. The van der Waals surface area contributed by atoms with Crippen LogP contribution in [-0.2, 0) is 5.60 Å². The molecule has 0 aromatic heterocycles. The van der Waals surface area contributed by atoms with Crippen LogP contribution in [0.5, 0.6) is 0 Å². The number of hydrogen-bond donors (Lipinski definition) is 1. The van der Waals surface area contributed by atoms with Gasteiger partial charge in [0.15, 0.2) is 5.78 Å². The lowest BCUT2D eigenvalue weighted by atomic mass is 9.72. The standard InChI is InChI=1S/C32H33NO2/c34-31(27-18-17-25-10-7-8-11-26(25)24-27)16-9-21-33-22-19-30(20-23-33)32(35,28-12-3-1-4-13-28)29-14-5-2-6-15-29/h1-8,10-15,17-18,24,30,35H,9,16,19-23H2.